The second-order valence-corrected chi connectivity index (χ2v) is 5.81. The van der Waals surface area contributed by atoms with E-state index < -0.39 is 0 Å². The lowest BCUT2D eigenvalue weighted by Crippen LogP contribution is -2.40. The Labute approximate surface area is 125 Å². The fraction of sp³-hybridized carbons (Fsp3) is 0.471. The summed E-state index contributed by atoms with van der Waals surface area (Å²) in [5, 5.41) is 4.10. The van der Waals surface area contributed by atoms with E-state index in [1.165, 1.54) is 19.3 Å². The van der Waals surface area contributed by atoms with Gasteiger partial charge in [-0.1, -0.05) is 24.6 Å². The summed E-state index contributed by atoms with van der Waals surface area (Å²) >= 11 is 0. The number of furan rings is 1. The lowest BCUT2D eigenvalue weighted by molar-refractivity contribution is -0.123. The van der Waals surface area contributed by atoms with E-state index in [9.17, 15) is 4.79 Å². The minimum Gasteiger partial charge on any atom is -0.459 e. The third-order valence-corrected chi connectivity index (χ3v) is 4.06. The molecule has 4 nitrogen and oxygen atoms in total. The summed E-state index contributed by atoms with van der Waals surface area (Å²) in [6, 6.07) is 9.80. The van der Waals surface area contributed by atoms with Crippen molar-refractivity contribution in [1.29, 1.82) is 0 Å². The molecule has 1 aliphatic heterocycles. The highest BCUT2D eigenvalue weighted by Gasteiger charge is 2.17. The van der Waals surface area contributed by atoms with Crippen LogP contribution in [0.25, 0.3) is 11.0 Å². The number of nitrogens with zero attached hydrogens (tertiary/aromatic N) is 1. The zero-order valence-electron chi connectivity index (χ0n) is 12.5. The zero-order valence-corrected chi connectivity index (χ0v) is 12.5. The first kappa shape index (κ1) is 14.1. The molecule has 0 radical (unpaired) electrons. The number of rotatable bonds is 4. The van der Waals surface area contributed by atoms with Gasteiger partial charge in [-0.15, -0.1) is 0 Å². The molecule has 1 amide bonds. The standard InChI is InChI=1S/C17H22N2O2/c1-13(16-11-14-7-3-4-8-15(14)21-16)18-17(20)12-19-9-5-2-6-10-19/h3-4,7-8,11,13H,2,5-6,9-10,12H2,1H3,(H,18,20)/t13-/m1/s1. The van der Waals surface area contributed by atoms with Crippen LogP contribution in [0.4, 0.5) is 0 Å². The average molecular weight is 286 g/mol. The van der Waals surface area contributed by atoms with E-state index in [0.29, 0.717) is 6.54 Å². The highest BCUT2D eigenvalue weighted by Crippen LogP contribution is 2.23. The number of likely N-dealkylation sites (tertiary alicyclic amines) is 1. The maximum Gasteiger partial charge on any atom is 0.234 e. The summed E-state index contributed by atoms with van der Waals surface area (Å²) in [7, 11) is 0. The lowest BCUT2D eigenvalue weighted by Gasteiger charge is -2.26. The smallest absolute Gasteiger partial charge is 0.234 e. The van der Waals surface area contributed by atoms with E-state index in [1.54, 1.807) is 0 Å². The van der Waals surface area contributed by atoms with Crippen LogP contribution < -0.4 is 5.32 Å². The summed E-state index contributed by atoms with van der Waals surface area (Å²) < 4.78 is 5.79. The molecule has 2 heterocycles. The Balaban J connectivity index is 1.59. The van der Waals surface area contributed by atoms with Crippen LogP contribution in [-0.4, -0.2) is 30.4 Å². The van der Waals surface area contributed by atoms with Gasteiger partial charge in [0.15, 0.2) is 0 Å². The first-order chi connectivity index (χ1) is 10.2. The van der Waals surface area contributed by atoms with Gasteiger partial charge in [-0.25, -0.2) is 0 Å². The molecule has 0 spiro atoms. The predicted octanol–water partition coefficient (Wildman–Crippen LogP) is 3.10. The van der Waals surface area contributed by atoms with Gasteiger partial charge in [0.05, 0.1) is 12.6 Å². The van der Waals surface area contributed by atoms with Crippen molar-refractivity contribution in [3.05, 3.63) is 36.1 Å². The van der Waals surface area contributed by atoms with Crippen LogP contribution in [0, 0.1) is 0 Å². The first-order valence-electron chi connectivity index (χ1n) is 7.72. The lowest BCUT2D eigenvalue weighted by atomic mass is 10.1. The Bertz CT molecular complexity index is 581. The number of hydrogen-bond acceptors (Lipinski definition) is 3. The number of piperidine rings is 1. The Hall–Kier alpha value is -1.81. The van der Waals surface area contributed by atoms with Crippen LogP contribution >= 0.6 is 0 Å². The van der Waals surface area contributed by atoms with Crippen LogP contribution in [0.15, 0.2) is 34.7 Å². The molecule has 1 N–H and O–H groups in total. The van der Waals surface area contributed by atoms with Crippen LogP contribution in [0.2, 0.25) is 0 Å². The van der Waals surface area contributed by atoms with Crippen molar-refractivity contribution < 1.29 is 9.21 Å². The molecule has 21 heavy (non-hydrogen) atoms. The van der Waals surface area contributed by atoms with Crippen molar-refractivity contribution in [1.82, 2.24) is 10.2 Å². The van der Waals surface area contributed by atoms with Gasteiger partial charge in [0.25, 0.3) is 0 Å². The van der Waals surface area contributed by atoms with Crippen LogP contribution in [0.1, 0.15) is 38.0 Å². The molecular formula is C17H22N2O2. The normalized spacial score (nSPS) is 17.8. The Kier molecular flexibility index (Phi) is 4.25. The molecule has 3 rings (SSSR count). The number of hydrogen-bond donors (Lipinski definition) is 1. The predicted molar refractivity (Wildman–Crippen MR) is 83.1 cm³/mol. The van der Waals surface area contributed by atoms with Crippen molar-refractivity contribution >= 4 is 16.9 Å². The van der Waals surface area contributed by atoms with Crippen LogP contribution in [0.3, 0.4) is 0 Å². The zero-order chi connectivity index (χ0) is 14.7. The fourth-order valence-corrected chi connectivity index (χ4v) is 2.89. The molecule has 1 aromatic heterocycles. The van der Waals surface area contributed by atoms with Crippen molar-refractivity contribution in [2.75, 3.05) is 19.6 Å². The Morgan fingerprint density at radius 3 is 2.81 bits per heavy atom. The van der Waals surface area contributed by atoms with E-state index in [4.69, 9.17) is 4.42 Å². The molecule has 4 heteroatoms. The number of carbonyl (C=O) groups is 1. The Morgan fingerprint density at radius 1 is 1.29 bits per heavy atom. The van der Waals surface area contributed by atoms with Crippen molar-refractivity contribution in [3.63, 3.8) is 0 Å². The summed E-state index contributed by atoms with van der Waals surface area (Å²) in [5.41, 5.74) is 0.865. The minimum absolute atomic E-state index is 0.0739. The van der Waals surface area contributed by atoms with E-state index in [-0.39, 0.29) is 11.9 Å². The molecule has 112 valence electrons. The molecular weight excluding hydrogens is 264 g/mol. The molecule has 1 saturated heterocycles. The van der Waals surface area contributed by atoms with E-state index in [2.05, 4.69) is 10.2 Å². The maximum atomic E-state index is 12.1. The molecule has 1 aliphatic rings. The number of fused-ring (bicyclic) bond motifs is 1. The van der Waals surface area contributed by atoms with Gasteiger partial charge in [-0.05, 0) is 45.0 Å². The molecule has 0 bridgehead atoms. The SMILES string of the molecule is C[C@@H](NC(=O)CN1CCCCC1)c1cc2ccccc2o1. The van der Waals surface area contributed by atoms with Gasteiger partial charge in [-0.2, -0.15) is 0 Å². The van der Waals surface area contributed by atoms with Crippen molar-refractivity contribution in [2.45, 2.75) is 32.2 Å². The molecule has 0 unspecified atom stereocenters. The second-order valence-electron chi connectivity index (χ2n) is 5.81. The number of nitrogens with one attached hydrogen (secondary N) is 1. The minimum atomic E-state index is -0.102. The highest BCUT2D eigenvalue weighted by molar-refractivity contribution is 5.80. The largest absolute Gasteiger partial charge is 0.459 e. The highest BCUT2D eigenvalue weighted by atomic mass is 16.3. The van der Waals surface area contributed by atoms with Crippen molar-refractivity contribution in [3.8, 4) is 0 Å². The van der Waals surface area contributed by atoms with Crippen LogP contribution in [-0.2, 0) is 4.79 Å². The number of para-hydroxylation sites is 1. The number of benzene rings is 1. The molecule has 2 aromatic rings. The first-order valence-corrected chi connectivity index (χ1v) is 7.72. The number of amides is 1. The van der Waals surface area contributed by atoms with Gasteiger partial charge >= 0.3 is 0 Å². The molecule has 1 aromatic carbocycles. The summed E-state index contributed by atoms with van der Waals surface area (Å²) in [6.45, 7) is 4.52. The quantitative estimate of drug-likeness (QED) is 0.939. The third-order valence-electron chi connectivity index (χ3n) is 4.06. The Morgan fingerprint density at radius 2 is 2.05 bits per heavy atom. The van der Waals surface area contributed by atoms with Crippen molar-refractivity contribution in [2.24, 2.45) is 0 Å². The van der Waals surface area contributed by atoms with Gasteiger partial charge in [-0.3, -0.25) is 9.69 Å². The molecule has 0 aliphatic carbocycles. The molecule has 0 saturated carbocycles. The summed E-state index contributed by atoms with van der Waals surface area (Å²) in [5.74, 6) is 0.882. The van der Waals surface area contributed by atoms with Crippen LogP contribution in [0.5, 0.6) is 0 Å². The number of carbonyl (C=O) groups excluding carboxylic acids is 1. The van der Waals surface area contributed by atoms with E-state index in [0.717, 1.165) is 29.8 Å². The van der Waals surface area contributed by atoms with Gasteiger partial charge < -0.3 is 9.73 Å². The fourth-order valence-electron chi connectivity index (χ4n) is 2.89. The molecule has 1 fully saturated rings. The van der Waals surface area contributed by atoms with Gasteiger partial charge in [0.2, 0.25) is 5.91 Å². The maximum absolute atomic E-state index is 12.1. The second kappa shape index (κ2) is 6.31. The van der Waals surface area contributed by atoms with Gasteiger partial charge in [0.1, 0.15) is 11.3 Å². The summed E-state index contributed by atoms with van der Waals surface area (Å²) in [6.07, 6.45) is 3.69. The van der Waals surface area contributed by atoms with E-state index in [1.807, 2.05) is 37.3 Å². The average Bonchev–Trinajstić information content (AvgIpc) is 2.92. The molecule has 1 atom stereocenters. The summed E-state index contributed by atoms with van der Waals surface area (Å²) in [4.78, 5) is 14.3. The monoisotopic (exact) mass is 286 g/mol. The van der Waals surface area contributed by atoms with Gasteiger partial charge in [0, 0.05) is 5.39 Å². The third kappa shape index (κ3) is 3.45. The van der Waals surface area contributed by atoms with E-state index >= 15 is 0 Å². The topological polar surface area (TPSA) is 45.5 Å².